The fourth-order valence-electron chi connectivity index (χ4n) is 2.15. The summed E-state index contributed by atoms with van der Waals surface area (Å²) < 4.78 is 37.7. The molecule has 0 atom stereocenters. The van der Waals surface area contributed by atoms with Crippen LogP contribution in [-0.4, -0.2) is 6.54 Å². The molecule has 106 valence electrons. The van der Waals surface area contributed by atoms with Gasteiger partial charge in [-0.1, -0.05) is 36.4 Å². The topological polar surface area (TPSA) is 26.0 Å². The molecule has 0 saturated heterocycles. The maximum Gasteiger partial charge on any atom is 0.416 e. The number of nitrogens with two attached hydrogens (primary N) is 1. The second-order valence-electron chi connectivity index (χ2n) is 4.62. The van der Waals surface area contributed by atoms with Crippen LogP contribution in [0.25, 0.3) is 11.1 Å². The summed E-state index contributed by atoms with van der Waals surface area (Å²) in [7, 11) is 0. The summed E-state index contributed by atoms with van der Waals surface area (Å²) in [4.78, 5) is 0. The molecule has 0 heterocycles. The molecule has 0 unspecified atom stereocenters. The minimum absolute atomic E-state index is 0.599. The van der Waals surface area contributed by atoms with Gasteiger partial charge in [0, 0.05) is 0 Å². The van der Waals surface area contributed by atoms with Crippen molar-refractivity contribution in [1.29, 1.82) is 0 Å². The van der Waals surface area contributed by atoms with Gasteiger partial charge in [0.1, 0.15) is 0 Å². The zero-order valence-corrected chi connectivity index (χ0v) is 11.0. The van der Waals surface area contributed by atoms with Crippen molar-refractivity contribution < 1.29 is 13.2 Å². The zero-order chi connectivity index (χ0) is 14.6. The number of halogens is 3. The normalized spacial score (nSPS) is 11.6. The summed E-state index contributed by atoms with van der Waals surface area (Å²) in [6, 6.07) is 13.0. The van der Waals surface area contributed by atoms with Crippen LogP contribution in [0.5, 0.6) is 0 Å². The fourth-order valence-corrected chi connectivity index (χ4v) is 2.15. The molecule has 0 bridgehead atoms. The van der Waals surface area contributed by atoms with Crippen molar-refractivity contribution in [1.82, 2.24) is 0 Å². The molecule has 2 rings (SSSR count). The lowest BCUT2D eigenvalue weighted by molar-refractivity contribution is -0.137. The van der Waals surface area contributed by atoms with E-state index in [4.69, 9.17) is 5.73 Å². The Labute approximate surface area is 116 Å². The Morgan fingerprint density at radius 1 is 0.900 bits per heavy atom. The first-order valence-corrected chi connectivity index (χ1v) is 6.48. The van der Waals surface area contributed by atoms with E-state index in [9.17, 15) is 13.2 Å². The molecule has 0 radical (unpaired) electrons. The van der Waals surface area contributed by atoms with Crippen LogP contribution in [0.1, 0.15) is 17.5 Å². The highest BCUT2D eigenvalue weighted by atomic mass is 19.4. The van der Waals surface area contributed by atoms with Crippen molar-refractivity contribution in [3.63, 3.8) is 0 Å². The van der Waals surface area contributed by atoms with Crippen LogP contribution in [0, 0.1) is 0 Å². The van der Waals surface area contributed by atoms with E-state index < -0.39 is 11.7 Å². The van der Waals surface area contributed by atoms with E-state index in [1.807, 2.05) is 24.3 Å². The highest BCUT2D eigenvalue weighted by Crippen LogP contribution is 2.32. The first-order valence-electron chi connectivity index (χ1n) is 6.48. The van der Waals surface area contributed by atoms with Crippen molar-refractivity contribution in [2.45, 2.75) is 19.0 Å². The predicted molar refractivity (Wildman–Crippen MR) is 74.3 cm³/mol. The third kappa shape index (κ3) is 3.39. The van der Waals surface area contributed by atoms with Crippen molar-refractivity contribution in [3.05, 3.63) is 59.7 Å². The van der Waals surface area contributed by atoms with Crippen LogP contribution in [0.15, 0.2) is 48.5 Å². The summed E-state index contributed by atoms with van der Waals surface area (Å²) >= 11 is 0. The average Bonchev–Trinajstić information content (AvgIpc) is 2.45. The molecular formula is C16H16F3N. The lowest BCUT2D eigenvalue weighted by atomic mass is 9.96. The van der Waals surface area contributed by atoms with E-state index in [2.05, 4.69) is 0 Å². The first kappa shape index (κ1) is 14.6. The van der Waals surface area contributed by atoms with E-state index >= 15 is 0 Å². The summed E-state index contributed by atoms with van der Waals surface area (Å²) in [6.07, 6.45) is -2.61. The van der Waals surface area contributed by atoms with Crippen LogP contribution in [0.3, 0.4) is 0 Å². The number of alkyl halides is 3. The molecule has 4 heteroatoms. The number of benzene rings is 2. The summed E-state index contributed by atoms with van der Waals surface area (Å²) in [5, 5.41) is 0. The van der Waals surface area contributed by atoms with Crippen molar-refractivity contribution >= 4 is 0 Å². The third-order valence-electron chi connectivity index (χ3n) is 3.19. The number of rotatable bonds is 4. The quantitative estimate of drug-likeness (QED) is 0.889. The van der Waals surface area contributed by atoms with Gasteiger partial charge >= 0.3 is 6.18 Å². The molecule has 0 fully saturated rings. The highest BCUT2D eigenvalue weighted by Gasteiger charge is 2.29. The van der Waals surface area contributed by atoms with Gasteiger partial charge in [0.05, 0.1) is 5.56 Å². The van der Waals surface area contributed by atoms with Crippen LogP contribution in [0.2, 0.25) is 0 Å². The van der Waals surface area contributed by atoms with Crippen LogP contribution >= 0.6 is 0 Å². The standard InChI is InChI=1S/C16H16F3N/c17-16(18,19)14-9-7-13(8-10-14)15-6-2-1-4-12(15)5-3-11-20/h1-2,4,6-10H,3,5,11,20H2. The lowest BCUT2D eigenvalue weighted by Gasteiger charge is -2.11. The minimum atomic E-state index is -4.29. The monoisotopic (exact) mass is 279 g/mol. The van der Waals surface area contributed by atoms with Gasteiger partial charge in [-0.15, -0.1) is 0 Å². The SMILES string of the molecule is NCCCc1ccccc1-c1ccc(C(F)(F)F)cc1. The molecule has 0 amide bonds. The Kier molecular flexibility index (Phi) is 4.45. The van der Waals surface area contributed by atoms with E-state index in [-0.39, 0.29) is 0 Å². The molecule has 2 N–H and O–H groups in total. The molecule has 1 nitrogen and oxygen atoms in total. The van der Waals surface area contributed by atoms with Gasteiger partial charge in [-0.25, -0.2) is 0 Å². The molecule has 0 aliphatic heterocycles. The van der Waals surface area contributed by atoms with E-state index in [1.54, 1.807) is 0 Å². The number of hydrogen-bond acceptors (Lipinski definition) is 1. The Balaban J connectivity index is 2.32. The average molecular weight is 279 g/mol. The van der Waals surface area contributed by atoms with Gasteiger partial charge < -0.3 is 5.73 Å². The van der Waals surface area contributed by atoms with Crippen LogP contribution in [0.4, 0.5) is 13.2 Å². The van der Waals surface area contributed by atoms with Gasteiger partial charge in [0.15, 0.2) is 0 Å². The van der Waals surface area contributed by atoms with Crippen molar-refractivity contribution in [3.8, 4) is 11.1 Å². The molecule has 0 aliphatic rings. The van der Waals surface area contributed by atoms with E-state index in [0.717, 1.165) is 41.7 Å². The van der Waals surface area contributed by atoms with E-state index in [0.29, 0.717) is 6.54 Å². The van der Waals surface area contributed by atoms with Gasteiger partial charge in [-0.05, 0) is 48.2 Å². The van der Waals surface area contributed by atoms with Gasteiger partial charge in [0.2, 0.25) is 0 Å². The summed E-state index contributed by atoms with van der Waals surface area (Å²) in [6.45, 7) is 0.599. The summed E-state index contributed by atoms with van der Waals surface area (Å²) in [5.41, 5.74) is 7.76. The molecule has 20 heavy (non-hydrogen) atoms. The fraction of sp³-hybridized carbons (Fsp3) is 0.250. The highest BCUT2D eigenvalue weighted by molar-refractivity contribution is 5.67. The predicted octanol–water partition coefficient (Wildman–Crippen LogP) is 4.26. The molecule has 0 saturated carbocycles. The lowest BCUT2D eigenvalue weighted by Crippen LogP contribution is -2.04. The Morgan fingerprint density at radius 3 is 2.15 bits per heavy atom. The van der Waals surface area contributed by atoms with Gasteiger partial charge in [-0.2, -0.15) is 13.2 Å². The minimum Gasteiger partial charge on any atom is -0.330 e. The molecular weight excluding hydrogens is 263 g/mol. The Bertz CT molecular complexity index is 559. The molecule has 0 aromatic heterocycles. The maximum atomic E-state index is 12.6. The molecule has 2 aromatic rings. The zero-order valence-electron chi connectivity index (χ0n) is 11.0. The first-order chi connectivity index (χ1) is 9.52. The Morgan fingerprint density at radius 2 is 1.55 bits per heavy atom. The van der Waals surface area contributed by atoms with E-state index in [1.165, 1.54) is 12.1 Å². The van der Waals surface area contributed by atoms with Crippen LogP contribution in [-0.2, 0) is 12.6 Å². The third-order valence-corrected chi connectivity index (χ3v) is 3.19. The largest absolute Gasteiger partial charge is 0.416 e. The smallest absolute Gasteiger partial charge is 0.330 e. The van der Waals surface area contributed by atoms with Gasteiger partial charge in [-0.3, -0.25) is 0 Å². The summed E-state index contributed by atoms with van der Waals surface area (Å²) in [5.74, 6) is 0. The Hall–Kier alpha value is -1.81. The van der Waals surface area contributed by atoms with Crippen LogP contribution < -0.4 is 5.73 Å². The number of hydrogen-bond donors (Lipinski definition) is 1. The maximum absolute atomic E-state index is 12.6. The second kappa shape index (κ2) is 6.09. The molecule has 2 aromatic carbocycles. The molecule has 0 spiro atoms. The molecule has 0 aliphatic carbocycles. The van der Waals surface area contributed by atoms with Crippen molar-refractivity contribution in [2.75, 3.05) is 6.54 Å². The van der Waals surface area contributed by atoms with Gasteiger partial charge in [0.25, 0.3) is 0 Å². The van der Waals surface area contributed by atoms with Crippen molar-refractivity contribution in [2.24, 2.45) is 5.73 Å². The number of aryl methyl sites for hydroxylation is 1. The second-order valence-corrected chi connectivity index (χ2v) is 4.62.